The van der Waals surface area contributed by atoms with Crippen LogP contribution in [-0.2, 0) is 23.9 Å². The van der Waals surface area contributed by atoms with Crippen LogP contribution in [0.25, 0.3) is 0 Å². The number of allylic oxidation sites excluding steroid dienone is 1. The molecule has 6 heteroatoms. The van der Waals surface area contributed by atoms with E-state index in [1.807, 2.05) is 0 Å². The molecule has 0 spiro atoms. The molecule has 0 aromatic rings. The van der Waals surface area contributed by atoms with Crippen molar-refractivity contribution < 1.29 is 23.9 Å². The van der Waals surface area contributed by atoms with Crippen LogP contribution in [0.15, 0.2) is 66.8 Å². The van der Waals surface area contributed by atoms with Crippen molar-refractivity contribution in [2.75, 3.05) is 13.2 Å². The number of nitrogens with zero attached hydrogens (tertiary/aromatic N) is 1. The van der Waals surface area contributed by atoms with Crippen molar-refractivity contribution in [2.45, 2.75) is 12.5 Å². The van der Waals surface area contributed by atoms with E-state index in [-0.39, 0.29) is 30.8 Å². The molecule has 0 aromatic carbocycles. The van der Waals surface area contributed by atoms with Crippen LogP contribution in [-0.4, -0.2) is 37.3 Å². The minimum Gasteiger partial charge on any atom is -0.458 e. The fourth-order valence-corrected chi connectivity index (χ4v) is 1.60. The van der Waals surface area contributed by atoms with Crippen molar-refractivity contribution in [3.05, 3.63) is 61.8 Å². The van der Waals surface area contributed by atoms with Gasteiger partial charge < -0.3 is 9.47 Å². The standard InChI is InChI=1S/C17H19NO5/c1-5-9-13(16(20)22-10-6-2)15(14(8-4)18-12-19)17(21)23-11-7-3/h5-8,14H,1-4,9-11H2/b15-13-. The predicted molar refractivity (Wildman–Crippen MR) is 86.3 cm³/mol. The molecule has 0 aliphatic carbocycles. The lowest BCUT2D eigenvalue weighted by atomic mass is 9.98. The van der Waals surface area contributed by atoms with E-state index in [4.69, 9.17) is 9.47 Å². The summed E-state index contributed by atoms with van der Waals surface area (Å²) in [5, 5.41) is 0. The van der Waals surface area contributed by atoms with Crippen molar-refractivity contribution in [1.82, 2.24) is 0 Å². The third-order valence-electron chi connectivity index (χ3n) is 2.52. The summed E-state index contributed by atoms with van der Waals surface area (Å²) in [6.45, 7) is 13.8. The van der Waals surface area contributed by atoms with Crippen LogP contribution >= 0.6 is 0 Å². The van der Waals surface area contributed by atoms with E-state index >= 15 is 0 Å². The van der Waals surface area contributed by atoms with Crippen molar-refractivity contribution in [3.63, 3.8) is 0 Å². The first-order chi connectivity index (χ1) is 11.1. The summed E-state index contributed by atoms with van der Waals surface area (Å²) in [5.74, 6) is -1.59. The van der Waals surface area contributed by atoms with Gasteiger partial charge in [0.05, 0.1) is 11.1 Å². The zero-order valence-electron chi connectivity index (χ0n) is 12.8. The minimum absolute atomic E-state index is 0.0210. The average molecular weight is 317 g/mol. The minimum atomic E-state index is -1.09. The second-order valence-electron chi connectivity index (χ2n) is 4.06. The summed E-state index contributed by atoms with van der Waals surface area (Å²) in [6.07, 6.45) is 6.74. The van der Waals surface area contributed by atoms with E-state index in [1.54, 1.807) is 0 Å². The second kappa shape index (κ2) is 11.7. The number of ether oxygens (including phenoxy) is 2. The van der Waals surface area contributed by atoms with E-state index in [1.165, 1.54) is 30.4 Å². The van der Waals surface area contributed by atoms with Gasteiger partial charge in [0.1, 0.15) is 19.3 Å². The quantitative estimate of drug-likeness (QED) is 0.192. The van der Waals surface area contributed by atoms with Gasteiger partial charge in [-0.05, 0) is 6.42 Å². The fourth-order valence-electron chi connectivity index (χ4n) is 1.60. The third-order valence-corrected chi connectivity index (χ3v) is 2.52. The molecule has 0 saturated heterocycles. The molecule has 6 nitrogen and oxygen atoms in total. The van der Waals surface area contributed by atoms with Gasteiger partial charge in [-0.1, -0.05) is 37.5 Å². The summed E-state index contributed by atoms with van der Waals surface area (Å²) >= 11 is 0. The number of carbonyl (C=O) groups is 2. The number of rotatable bonds is 11. The Labute approximate surface area is 135 Å². The number of hydrogen-bond donors (Lipinski definition) is 0. The zero-order valence-corrected chi connectivity index (χ0v) is 12.8. The third kappa shape index (κ3) is 6.54. The van der Waals surface area contributed by atoms with E-state index in [0.717, 1.165) is 0 Å². The molecule has 1 atom stereocenters. The summed E-state index contributed by atoms with van der Waals surface area (Å²) in [6, 6.07) is -1.09. The summed E-state index contributed by atoms with van der Waals surface area (Å²) in [7, 11) is 0. The molecule has 0 aromatic heterocycles. The molecule has 0 heterocycles. The SMILES string of the molecule is C=CCOC(=O)/C(CC=C)=C(\C(=O)OCC=C)C(C=C)N=C=O. The summed E-state index contributed by atoms with van der Waals surface area (Å²) in [5.41, 5.74) is -0.182. The molecule has 0 aliphatic heterocycles. The van der Waals surface area contributed by atoms with Gasteiger partial charge in [0.2, 0.25) is 6.08 Å². The Morgan fingerprint density at radius 3 is 2.00 bits per heavy atom. The molecule has 0 aliphatic rings. The molecular weight excluding hydrogens is 298 g/mol. The molecule has 0 fully saturated rings. The Kier molecular flexibility index (Phi) is 10.1. The second-order valence-corrected chi connectivity index (χ2v) is 4.06. The Morgan fingerprint density at radius 2 is 1.57 bits per heavy atom. The van der Waals surface area contributed by atoms with E-state index in [2.05, 4.69) is 31.3 Å². The molecule has 122 valence electrons. The van der Waals surface area contributed by atoms with Gasteiger partial charge in [0, 0.05) is 0 Å². The van der Waals surface area contributed by atoms with Crippen molar-refractivity contribution in [1.29, 1.82) is 0 Å². The molecule has 0 saturated carbocycles. The van der Waals surface area contributed by atoms with Gasteiger partial charge in [-0.25, -0.2) is 14.4 Å². The number of esters is 2. The molecule has 23 heavy (non-hydrogen) atoms. The Balaban J connectivity index is 6.05. The van der Waals surface area contributed by atoms with Crippen molar-refractivity contribution in [2.24, 2.45) is 4.99 Å². The van der Waals surface area contributed by atoms with Crippen LogP contribution in [0, 0.1) is 0 Å². The molecule has 0 N–H and O–H groups in total. The van der Waals surface area contributed by atoms with Crippen LogP contribution in [0.2, 0.25) is 0 Å². The zero-order chi connectivity index (χ0) is 17.7. The first-order valence-electron chi connectivity index (χ1n) is 6.66. The van der Waals surface area contributed by atoms with Gasteiger partial charge in [-0.15, -0.1) is 13.2 Å². The van der Waals surface area contributed by atoms with Crippen LogP contribution in [0.5, 0.6) is 0 Å². The highest BCUT2D eigenvalue weighted by Gasteiger charge is 2.28. The fraction of sp³-hybridized carbons (Fsp3) is 0.235. The van der Waals surface area contributed by atoms with Crippen LogP contribution < -0.4 is 0 Å². The van der Waals surface area contributed by atoms with Crippen LogP contribution in [0.1, 0.15) is 6.42 Å². The van der Waals surface area contributed by atoms with Crippen molar-refractivity contribution >= 4 is 18.0 Å². The van der Waals surface area contributed by atoms with Crippen molar-refractivity contribution in [3.8, 4) is 0 Å². The predicted octanol–water partition coefficient (Wildman–Crippen LogP) is 2.21. The summed E-state index contributed by atoms with van der Waals surface area (Å²) in [4.78, 5) is 38.4. The maximum Gasteiger partial charge on any atom is 0.337 e. The van der Waals surface area contributed by atoms with E-state index in [9.17, 15) is 14.4 Å². The monoisotopic (exact) mass is 317 g/mol. The average Bonchev–Trinajstić information content (AvgIpc) is 2.56. The molecular formula is C17H19NO5. The molecule has 0 amide bonds. The smallest absolute Gasteiger partial charge is 0.337 e. The highest BCUT2D eigenvalue weighted by atomic mass is 16.5. The van der Waals surface area contributed by atoms with Gasteiger partial charge in [-0.2, -0.15) is 4.99 Å². The van der Waals surface area contributed by atoms with Gasteiger partial charge in [-0.3, -0.25) is 0 Å². The first-order valence-corrected chi connectivity index (χ1v) is 6.66. The highest BCUT2D eigenvalue weighted by Crippen LogP contribution is 2.20. The van der Waals surface area contributed by atoms with Gasteiger partial charge >= 0.3 is 11.9 Å². The number of hydrogen-bond acceptors (Lipinski definition) is 6. The van der Waals surface area contributed by atoms with Gasteiger partial charge in [0.15, 0.2) is 0 Å². The maximum atomic E-state index is 12.2. The first kappa shape index (κ1) is 20.0. The maximum absolute atomic E-state index is 12.2. The van der Waals surface area contributed by atoms with E-state index in [0.29, 0.717) is 0 Å². The molecule has 1 unspecified atom stereocenters. The lowest BCUT2D eigenvalue weighted by Crippen LogP contribution is -2.23. The lowest BCUT2D eigenvalue weighted by molar-refractivity contribution is -0.141. The Morgan fingerprint density at radius 1 is 1.00 bits per heavy atom. The summed E-state index contributed by atoms with van der Waals surface area (Å²) < 4.78 is 9.90. The molecule has 0 rings (SSSR count). The topological polar surface area (TPSA) is 82.0 Å². The van der Waals surface area contributed by atoms with E-state index < -0.39 is 18.0 Å². The number of aliphatic imine (C=N–C) groups is 1. The molecule has 0 radical (unpaired) electrons. The number of carbonyl (C=O) groups excluding carboxylic acids is 3. The molecule has 0 bridgehead atoms. The van der Waals surface area contributed by atoms with Crippen LogP contribution in [0.3, 0.4) is 0 Å². The van der Waals surface area contributed by atoms with Gasteiger partial charge in [0.25, 0.3) is 0 Å². The normalized spacial score (nSPS) is 11.8. The number of isocyanates is 1. The Hall–Kier alpha value is -2.98. The Bertz CT molecular complexity index is 568. The highest BCUT2D eigenvalue weighted by molar-refractivity contribution is 6.02. The largest absolute Gasteiger partial charge is 0.458 e. The lowest BCUT2D eigenvalue weighted by Gasteiger charge is -2.15. The van der Waals surface area contributed by atoms with Crippen LogP contribution in [0.4, 0.5) is 0 Å².